The van der Waals surface area contributed by atoms with E-state index in [1.54, 1.807) is 19.1 Å². The molecule has 0 atom stereocenters. The molecule has 0 saturated carbocycles. The molecule has 4 rings (SSSR count). The Hall–Kier alpha value is -3.03. The third-order valence-corrected chi connectivity index (χ3v) is 6.10. The van der Waals surface area contributed by atoms with Crippen LogP contribution >= 0.6 is 11.6 Å². The number of carbonyl (C=O) groups excluding carboxylic acids is 2. The van der Waals surface area contributed by atoms with Crippen LogP contribution in [0.3, 0.4) is 0 Å². The van der Waals surface area contributed by atoms with Gasteiger partial charge in [-0.05, 0) is 49.7 Å². The van der Waals surface area contributed by atoms with Crippen LogP contribution in [0, 0.1) is 6.92 Å². The molecule has 1 amide bonds. The van der Waals surface area contributed by atoms with Crippen molar-refractivity contribution in [1.29, 1.82) is 0 Å². The second-order valence-corrected chi connectivity index (χ2v) is 8.56. The summed E-state index contributed by atoms with van der Waals surface area (Å²) in [4.78, 5) is 32.4. The van der Waals surface area contributed by atoms with Crippen LogP contribution in [0.2, 0.25) is 5.02 Å². The Morgan fingerprint density at radius 1 is 1.06 bits per heavy atom. The van der Waals surface area contributed by atoms with E-state index >= 15 is 0 Å². The molecule has 2 heterocycles. The zero-order valence-corrected chi connectivity index (χ0v) is 19.7. The van der Waals surface area contributed by atoms with Crippen molar-refractivity contribution in [1.82, 2.24) is 14.8 Å². The van der Waals surface area contributed by atoms with E-state index in [9.17, 15) is 9.59 Å². The summed E-state index contributed by atoms with van der Waals surface area (Å²) in [5, 5.41) is 1.46. The summed E-state index contributed by atoms with van der Waals surface area (Å²) >= 11 is 5.95. The Labute approximate surface area is 198 Å². The lowest BCUT2D eigenvalue weighted by Gasteiger charge is -2.34. The molecule has 1 fully saturated rings. The molecule has 2 aromatic carbocycles. The van der Waals surface area contributed by atoms with Gasteiger partial charge in [0.25, 0.3) is 5.91 Å². The van der Waals surface area contributed by atoms with Crippen molar-refractivity contribution in [2.45, 2.75) is 20.4 Å². The largest absolute Gasteiger partial charge is 0.484 e. The van der Waals surface area contributed by atoms with Crippen LogP contribution in [0.4, 0.5) is 0 Å². The van der Waals surface area contributed by atoms with Crippen molar-refractivity contribution < 1.29 is 19.1 Å². The third-order valence-electron chi connectivity index (χ3n) is 5.84. The number of carbonyl (C=O) groups is 2. The summed E-state index contributed by atoms with van der Waals surface area (Å²) in [6, 6.07) is 13.3. The normalized spacial score (nSPS) is 14.5. The van der Waals surface area contributed by atoms with Crippen LogP contribution in [-0.2, 0) is 16.1 Å². The summed E-state index contributed by atoms with van der Waals surface area (Å²) in [5.41, 5.74) is 3.28. The number of aromatic amines is 1. The minimum absolute atomic E-state index is 0.0408. The average molecular weight is 470 g/mol. The smallest absolute Gasteiger partial charge is 0.340 e. The number of H-pyrrole nitrogens is 1. The first-order valence-corrected chi connectivity index (χ1v) is 11.5. The number of halogens is 1. The first-order valence-electron chi connectivity index (χ1n) is 11.1. The van der Waals surface area contributed by atoms with Crippen LogP contribution in [0.5, 0.6) is 5.75 Å². The van der Waals surface area contributed by atoms with Gasteiger partial charge in [0.05, 0.1) is 12.2 Å². The van der Waals surface area contributed by atoms with Gasteiger partial charge in [-0.1, -0.05) is 23.7 Å². The van der Waals surface area contributed by atoms with Gasteiger partial charge < -0.3 is 19.4 Å². The van der Waals surface area contributed by atoms with Crippen molar-refractivity contribution in [2.75, 3.05) is 39.4 Å². The molecule has 1 aliphatic heterocycles. The minimum Gasteiger partial charge on any atom is -0.484 e. The molecule has 0 bridgehead atoms. The molecule has 3 aromatic rings. The van der Waals surface area contributed by atoms with Crippen LogP contribution in [-0.4, -0.2) is 66.1 Å². The molecule has 0 spiro atoms. The number of benzene rings is 2. The van der Waals surface area contributed by atoms with Gasteiger partial charge in [-0.3, -0.25) is 9.69 Å². The molecule has 1 aromatic heterocycles. The van der Waals surface area contributed by atoms with Crippen LogP contribution < -0.4 is 4.74 Å². The van der Waals surface area contributed by atoms with Crippen LogP contribution in [0.25, 0.3) is 10.9 Å². The van der Waals surface area contributed by atoms with Gasteiger partial charge in [0.15, 0.2) is 6.61 Å². The molecule has 33 heavy (non-hydrogen) atoms. The number of esters is 1. The molecule has 0 radical (unpaired) electrons. The quantitative estimate of drug-likeness (QED) is 0.529. The molecule has 174 valence electrons. The highest BCUT2D eigenvalue weighted by atomic mass is 35.5. The van der Waals surface area contributed by atoms with Gasteiger partial charge in [0.1, 0.15) is 5.75 Å². The fourth-order valence-corrected chi connectivity index (χ4v) is 4.23. The number of nitrogens with one attached hydrogen (secondary N) is 1. The molecular weight excluding hydrogens is 442 g/mol. The SMILES string of the molecule is CCOC(=O)c1c(C)[nH]c2ccc(OCC(=O)N3CCN(Cc4ccc(Cl)cc4)CC3)cc12. The van der Waals surface area contributed by atoms with Crippen molar-refractivity contribution in [2.24, 2.45) is 0 Å². The summed E-state index contributed by atoms with van der Waals surface area (Å²) in [7, 11) is 0. The standard InChI is InChI=1S/C25H28ClN3O4/c1-3-32-25(31)24-17(2)27-22-9-8-20(14-21(22)24)33-16-23(30)29-12-10-28(11-13-29)15-18-4-6-19(26)7-5-18/h4-9,14,27H,3,10-13,15-16H2,1-2H3. The van der Waals surface area contributed by atoms with Crippen LogP contribution in [0.1, 0.15) is 28.5 Å². The maximum Gasteiger partial charge on any atom is 0.340 e. The lowest BCUT2D eigenvalue weighted by molar-refractivity contribution is -0.135. The van der Waals surface area contributed by atoms with E-state index in [-0.39, 0.29) is 18.5 Å². The first kappa shape index (κ1) is 23.1. The maximum absolute atomic E-state index is 12.7. The zero-order chi connectivity index (χ0) is 23.4. The van der Waals surface area contributed by atoms with Gasteiger partial charge in [-0.25, -0.2) is 4.79 Å². The third kappa shape index (κ3) is 5.49. The molecule has 0 aliphatic carbocycles. The number of ether oxygens (including phenoxy) is 2. The highest BCUT2D eigenvalue weighted by Gasteiger charge is 2.22. The van der Waals surface area contributed by atoms with E-state index in [4.69, 9.17) is 21.1 Å². The Morgan fingerprint density at radius 2 is 1.79 bits per heavy atom. The van der Waals surface area contributed by atoms with E-state index in [0.717, 1.165) is 41.3 Å². The fraction of sp³-hybridized carbons (Fsp3) is 0.360. The molecular formula is C25H28ClN3O4. The van der Waals surface area contributed by atoms with Crippen molar-refractivity contribution in [3.8, 4) is 5.75 Å². The van der Waals surface area contributed by atoms with Crippen LogP contribution in [0.15, 0.2) is 42.5 Å². The van der Waals surface area contributed by atoms with E-state index in [2.05, 4.69) is 9.88 Å². The zero-order valence-electron chi connectivity index (χ0n) is 18.9. The van der Waals surface area contributed by atoms with Crippen molar-refractivity contribution in [3.63, 3.8) is 0 Å². The monoisotopic (exact) mass is 469 g/mol. The highest BCUT2D eigenvalue weighted by Crippen LogP contribution is 2.27. The minimum atomic E-state index is -0.369. The number of piperazine rings is 1. The second kappa shape index (κ2) is 10.3. The van der Waals surface area contributed by atoms with Gasteiger partial charge >= 0.3 is 5.97 Å². The highest BCUT2D eigenvalue weighted by molar-refractivity contribution is 6.30. The Balaban J connectivity index is 1.32. The molecule has 1 saturated heterocycles. The molecule has 1 aliphatic rings. The molecule has 1 N–H and O–H groups in total. The van der Waals surface area contributed by atoms with Crippen molar-refractivity contribution >= 4 is 34.4 Å². The molecule has 7 nitrogen and oxygen atoms in total. The van der Waals surface area contributed by atoms with E-state index < -0.39 is 0 Å². The average Bonchev–Trinajstić information content (AvgIpc) is 3.14. The Morgan fingerprint density at radius 3 is 2.48 bits per heavy atom. The number of aryl methyl sites for hydroxylation is 1. The summed E-state index contributed by atoms with van der Waals surface area (Å²) < 4.78 is 11.0. The fourth-order valence-electron chi connectivity index (χ4n) is 4.10. The van der Waals surface area contributed by atoms with Gasteiger partial charge in [0.2, 0.25) is 0 Å². The number of rotatable bonds is 7. The first-order chi connectivity index (χ1) is 15.9. The number of nitrogens with zero attached hydrogens (tertiary/aromatic N) is 2. The number of amides is 1. The summed E-state index contributed by atoms with van der Waals surface area (Å²) in [6.45, 7) is 7.68. The Bertz CT molecular complexity index is 1130. The molecule has 8 heteroatoms. The van der Waals surface area contributed by atoms with Gasteiger partial charge in [-0.2, -0.15) is 0 Å². The number of hydrogen-bond acceptors (Lipinski definition) is 5. The van der Waals surface area contributed by atoms with E-state index in [1.807, 2.05) is 42.2 Å². The number of hydrogen-bond donors (Lipinski definition) is 1. The molecule has 0 unspecified atom stereocenters. The van der Waals surface area contributed by atoms with E-state index in [1.165, 1.54) is 5.56 Å². The van der Waals surface area contributed by atoms with Crippen molar-refractivity contribution in [3.05, 3.63) is 64.3 Å². The topological polar surface area (TPSA) is 74.9 Å². The maximum atomic E-state index is 12.7. The summed E-state index contributed by atoms with van der Waals surface area (Å²) in [5.74, 6) is 0.129. The van der Waals surface area contributed by atoms with E-state index in [0.29, 0.717) is 31.0 Å². The second-order valence-electron chi connectivity index (χ2n) is 8.12. The van der Waals surface area contributed by atoms with Gasteiger partial charge in [-0.15, -0.1) is 0 Å². The predicted molar refractivity (Wildman–Crippen MR) is 128 cm³/mol. The lowest BCUT2D eigenvalue weighted by atomic mass is 10.1. The predicted octanol–water partition coefficient (Wildman–Crippen LogP) is 4.03. The van der Waals surface area contributed by atoms with Gasteiger partial charge in [0, 0.05) is 54.3 Å². The summed E-state index contributed by atoms with van der Waals surface area (Å²) in [6.07, 6.45) is 0. The Kier molecular flexibility index (Phi) is 7.20. The number of aromatic nitrogens is 1. The lowest BCUT2D eigenvalue weighted by Crippen LogP contribution is -2.49. The number of fused-ring (bicyclic) bond motifs is 1.